The van der Waals surface area contributed by atoms with Crippen LogP contribution in [0.2, 0.25) is 0 Å². The van der Waals surface area contributed by atoms with Crippen LogP contribution in [0.15, 0.2) is 0 Å². The Morgan fingerprint density at radius 2 is 2.18 bits per heavy atom. The molecule has 17 heavy (non-hydrogen) atoms. The second-order valence-electron chi connectivity index (χ2n) is 5.69. The monoisotopic (exact) mass is 242 g/mol. The van der Waals surface area contributed by atoms with Crippen molar-refractivity contribution < 1.29 is 9.90 Å². The molecule has 0 aliphatic heterocycles. The van der Waals surface area contributed by atoms with Gasteiger partial charge in [-0.25, -0.2) is 0 Å². The summed E-state index contributed by atoms with van der Waals surface area (Å²) in [5, 5.41) is 12.6. The van der Waals surface area contributed by atoms with E-state index in [1.165, 1.54) is 19.3 Å². The molecule has 4 N–H and O–H groups in total. The van der Waals surface area contributed by atoms with E-state index in [-0.39, 0.29) is 6.54 Å². The summed E-state index contributed by atoms with van der Waals surface area (Å²) in [5.74, 6) is 0.883. The summed E-state index contributed by atoms with van der Waals surface area (Å²) in [7, 11) is 0. The lowest BCUT2D eigenvalue weighted by Gasteiger charge is -2.31. The number of amides is 1. The van der Waals surface area contributed by atoms with Crippen LogP contribution >= 0.6 is 0 Å². The first-order chi connectivity index (χ1) is 7.99. The van der Waals surface area contributed by atoms with Gasteiger partial charge >= 0.3 is 0 Å². The second-order valence-corrected chi connectivity index (χ2v) is 5.69. The number of carbonyl (C=O) groups is 1. The van der Waals surface area contributed by atoms with Crippen LogP contribution in [0.5, 0.6) is 0 Å². The van der Waals surface area contributed by atoms with E-state index in [4.69, 9.17) is 5.73 Å². The molecule has 1 aliphatic rings. The number of carbonyl (C=O) groups excluding carboxylic acids is 1. The Balaban J connectivity index is 2.27. The van der Waals surface area contributed by atoms with Crippen molar-refractivity contribution in [2.24, 2.45) is 17.6 Å². The fraction of sp³-hybridized carbons (Fsp3) is 0.923. The lowest BCUT2D eigenvalue weighted by Crippen LogP contribution is -2.43. The van der Waals surface area contributed by atoms with Gasteiger partial charge in [-0.1, -0.05) is 26.7 Å². The molecule has 0 spiro atoms. The lowest BCUT2D eigenvalue weighted by molar-refractivity contribution is -0.125. The molecule has 0 aromatic rings. The molecule has 3 atom stereocenters. The normalized spacial score (nSPS) is 27.1. The average molecular weight is 242 g/mol. The number of nitrogens with one attached hydrogen (secondary N) is 1. The van der Waals surface area contributed by atoms with Gasteiger partial charge in [0.15, 0.2) is 0 Å². The summed E-state index contributed by atoms with van der Waals surface area (Å²) in [5.41, 5.74) is 5.02. The van der Waals surface area contributed by atoms with Crippen molar-refractivity contribution in [3.05, 3.63) is 0 Å². The van der Waals surface area contributed by atoms with Gasteiger partial charge in [-0.2, -0.15) is 0 Å². The molecule has 3 unspecified atom stereocenters. The van der Waals surface area contributed by atoms with Crippen molar-refractivity contribution >= 4 is 5.91 Å². The summed E-state index contributed by atoms with van der Waals surface area (Å²) >= 11 is 0. The van der Waals surface area contributed by atoms with E-state index < -0.39 is 12.0 Å². The van der Waals surface area contributed by atoms with Gasteiger partial charge in [0, 0.05) is 12.6 Å². The largest absolute Gasteiger partial charge is 0.382 e. The highest BCUT2D eigenvalue weighted by atomic mass is 16.3. The molecule has 0 saturated heterocycles. The van der Waals surface area contributed by atoms with E-state index in [9.17, 15) is 9.90 Å². The van der Waals surface area contributed by atoms with E-state index in [1.807, 2.05) is 0 Å². The molecule has 1 aliphatic carbocycles. The van der Waals surface area contributed by atoms with Crippen molar-refractivity contribution in [1.82, 2.24) is 5.32 Å². The summed E-state index contributed by atoms with van der Waals surface area (Å²) in [6.07, 6.45) is 5.07. The molecule has 0 heterocycles. The Kier molecular flexibility index (Phi) is 5.92. The summed E-state index contributed by atoms with van der Waals surface area (Å²) in [4.78, 5) is 10.7. The molecule has 100 valence electrons. The minimum atomic E-state index is -1.06. The zero-order valence-electron chi connectivity index (χ0n) is 11.0. The predicted octanol–water partition coefficient (Wildman–Crippen LogP) is 1.03. The number of hydrogen-bond donors (Lipinski definition) is 3. The number of rotatable bonds is 6. The smallest absolute Gasteiger partial charge is 0.247 e. The molecule has 0 radical (unpaired) electrons. The molecule has 0 bridgehead atoms. The van der Waals surface area contributed by atoms with Crippen molar-refractivity contribution in [1.29, 1.82) is 0 Å². The average Bonchev–Trinajstić information content (AvgIpc) is 2.25. The highest BCUT2D eigenvalue weighted by molar-refractivity contribution is 5.78. The van der Waals surface area contributed by atoms with Gasteiger partial charge in [-0.3, -0.25) is 4.79 Å². The third-order valence-electron chi connectivity index (χ3n) is 3.52. The molecule has 1 saturated carbocycles. The van der Waals surface area contributed by atoms with Gasteiger partial charge in [0.25, 0.3) is 0 Å². The molecule has 1 fully saturated rings. The van der Waals surface area contributed by atoms with Crippen molar-refractivity contribution in [3.63, 3.8) is 0 Å². The van der Waals surface area contributed by atoms with Gasteiger partial charge in [0.05, 0.1) is 0 Å². The predicted molar refractivity (Wildman–Crippen MR) is 68.4 cm³/mol. The third-order valence-corrected chi connectivity index (χ3v) is 3.52. The van der Waals surface area contributed by atoms with Crippen LogP contribution in [-0.4, -0.2) is 29.7 Å². The zero-order chi connectivity index (χ0) is 12.8. The van der Waals surface area contributed by atoms with Gasteiger partial charge in [-0.05, 0) is 31.1 Å². The van der Waals surface area contributed by atoms with Gasteiger partial charge in [0.2, 0.25) is 5.91 Å². The van der Waals surface area contributed by atoms with E-state index in [0.29, 0.717) is 6.04 Å². The van der Waals surface area contributed by atoms with E-state index >= 15 is 0 Å². The topological polar surface area (TPSA) is 75.3 Å². The quantitative estimate of drug-likeness (QED) is 0.651. The number of aliphatic hydroxyl groups is 1. The number of hydrogen-bond acceptors (Lipinski definition) is 3. The van der Waals surface area contributed by atoms with Crippen molar-refractivity contribution in [3.8, 4) is 0 Å². The van der Waals surface area contributed by atoms with Crippen LogP contribution in [-0.2, 0) is 4.79 Å². The third kappa shape index (κ3) is 5.50. The standard InChI is InChI=1S/C13H26N2O2/c1-9(2)6-10-4-3-5-11(7-10)15-8-12(16)13(14)17/h9-12,15-16H,3-8H2,1-2H3,(H2,14,17). The highest BCUT2D eigenvalue weighted by Crippen LogP contribution is 2.29. The van der Waals surface area contributed by atoms with Crippen LogP contribution in [0, 0.1) is 11.8 Å². The van der Waals surface area contributed by atoms with Crippen molar-refractivity contribution in [2.75, 3.05) is 6.54 Å². The lowest BCUT2D eigenvalue weighted by atomic mass is 9.81. The molecular weight excluding hydrogens is 216 g/mol. The fourth-order valence-corrected chi connectivity index (χ4v) is 2.74. The number of aliphatic hydroxyl groups excluding tert-OH is 1. The van der Waals surface area contributed by atoms with Crippen LogP contribution < -0.4 is 11.1 Å². The maximum absolute atomic E-state index is 10.7. The number of primary amides is 1. The van der Waals surface area contributed by atoms with Crippen LogP contribution in [0.4, 0.5) is 0 Å². The fourth-order valence-electron chi connectivity index (χ4n) is 2.74. The summed E-state index contributed by atoms with van der Waals surface area (Å²) in [6, 6.07) is 0.432. The molecule has 1 amide bonds. The first-order valence-corrected chi connectivity index (χ1v) is 6.69. The Morgan fingerprint density at radius 3 is 2.76 bits per heavy atom. The molecular formula is C13H26N2O2. The summed E-state index contributed by atoms with van der Waals surface area (Å²) < 4.78 is 0. The van der Waals surface area contributed by atoms with Gasteiger partial charge in [-0.15, -0.1) is 0 Å². The molecule has 4 nitrogen and oxygen atoms in total. The molecule has 1 rings (SSSR count). The molecule has 0 aromatic heterocycles. The van der Waals surface area contributed by atoms with Gasteiger partial charge in [0.1, 0.15) is 6.10 Å². The molecule has 4 heteroatoms. The summed E-state index contributed by atoms with van der Waals surface area (Å²) in [6.45, 7) is 4.80. The first kappa shape index (κ1) is 14.5. The zero-order valence-corrected chi connectivity index (χ0v) is 11.0. The van der Waals surface area contributed by atoms with Crippen LogP contribution in [0.25, 0.3) is 0 Å². The highest BCUT2D eigenvalue weighted by Gasteiger charge is 2.23. The van der Waals surface area contributed by atoms with Crippen LogP contribution in [0.1, 0.15) is 46.0 Å². The van der Waals surface area contributed by atoms with Crippen molar-refractivity contribution in [2.45, 2.75) is 58.1 Å². The molecule has 0 aromatic carbocycles. The maximum atomic E-state index is 10.7. The minimum Gasteiger partial charge on any atom is -0.382 e. The minimum absolute atomic E-state index is 0.286. The van der Waals surface area contributed by atoms with E-state index in [0.717, 1.165) is 24.7 Å². The maximum Gasteiger partial charge on any atom is 0.247 e. The van der Waals surface area contributed by atoms with E-state index in [2.05, 4.69) is 19.2 Å². The first-order valence-electron chi connectivity index (χ1n) is 6.69. The SMILES string of the molecule is CC(C)CC1CCCC(NCC(O)C(N)=O)C1. The second kappa shape index (κ2) is 6.97. The Labute approximate surface area is 104 Å². The Bertz CT molecular complexity index is 244. The number of nitrogens with two attached hydrogens (primary N) is 1. The van der Waals surface area contributed by atoms with Crippen LogP contribution in [0.3, 0.4) is 0 Å². The van der Waals surface area contributed by atoms with E-state index in [1.54, 1.807) is 0 Å². The Morgan fingerprint density at radius 1 is 1.47 bits per heavy atom. The van der Waals surface area contributed by atoms with Gasteiger partial charge < -0.3 is 16.2 Å². The Hall–Kier alpha value is -0.610.